The van der Waals surface area contributed by atoms with Crippen molar-refractivity contribution in [1.29, 1.82) is 0 Å². The van der Waals surface area contributed by atoms with Gasteiger partial charge in [-0.2, -0.15) is 13.2 Å². The number of thiophene rings is 1. The monoisotopic (exact) mass is 566 g/mol. The normalized spacial score (nSPS) is 30.9. The summed E-state index contributed by atoms with van der Waals surface area (Å²) < 4.78 is 64.1. The second kappa shape index (κ2) is 11.0. The number of hydrogen-bond donors (Lipinski definition) is 2. The molecule has 3 fully saturated rings. The number of aryl methyl sites for hydroxylation is 1. The third-order valence-electron chi connectivity index (χ3n) is 8.24. The first-order valence-electron chi connectivity index (χ1n) is 13.2. The molecule has 5 rings (SSSR count). The number of carbonyl (C=O) groups excluding carboxylic acids is 1. The molecule has 2 atom stereocenters. The zero-order valence-electron chi connectivity index (χ0n) is 21.6. The number of likely N-dealkylation sites (tertiary alicyclic amines) is 1. The summed E-state index contributed by atoms with van der Waals surface area (Å²) in [6.07, 6.45) is 0.523. The molecule has 1 aromatic heterocycles. The van der Waals surface area contributed by atoms with Gasteiger partial charge in [-0.25, -0.2) is 13.6 Å². The SMILES string of the molecule is CCc1cc2c(s1)CCO[C@@]21CCN(CC2CC(NC(=O)C3CC(F)(F)C3)C2)[C@@H](C)C1.O=C(O)C(F)(F)F. The minimum absolute atomic E-state index is 0.103. The number of fused-ring (bicyclic) bond motifs is 2. The average Bonchev–Trinajstić information content (AvgIpc) is 3.22. The molecule has 1 spiro atoms. The number of carbonyl (C=O) groups is 2. The van der Waals surface area contributed by atoms with E-state index in [2.05, 4.69) is 30.1 Å². The maximum atomic E-state index is 13.0. The van der Waals surface area contributed by atoms with Crippen molar-refractivity contribution in [2.24, 2.45) is 11.8 Å². The quantitative estimate of drug-likeness (QED) is 0.483. The second-order valence-corrected chi connectivity index (χ2v) is 12.3. The van der Waals surface area contributed by atoms with E-state index < -0.39 is 24.0 Å². The van der Waals surface area contributed by atoms with Crippen molar-refractivity contribution in [3.05, 3.63) is 21.4 Å². The van der Waals surface area contributed by atoms with Gasteiger partial charge in [-0.15, -0.1) is 11.3 Å². The van der Waals surface area contributed by atoms with Gasteiger partial charge in [0.15, 0.2) is 0 Å². The second-order valence-electron chi connectivity index (χ2n) is 11.1. The van der Waals surface area contributed by atoms with E-state index in [0.29, 0.717) is 12.0 Å². The van der Waals surface area contributed by atoms with Crippen molar-refractivity contribution >= 4 is 23.2 Å². The van der Waals surface area contributed by atoms with Gasteiger partial charge in [0.25, 0.3) is 0 Å². The number of aliphatic carboxylic acids is 1. The summed E-state index contributed by atoms with van der Waals surface area (Å²) in [5, 5.41) is 10.1. The molecule has 12 heteroatoms. The Kier molecular flexibility index (Phi) is 8.45. The van der Waals surface area contributed by atoms with Crippen LogP contribution in [0.25, 0.3) is 0 Å². The number of carboxylic acid groups (broad SMARTS) is 1. The highest BCUT2D eigenvalue weighted by molar-refractivity contribution is 7.12. The first kappa shape index (κ1) is 29.2. The van der Waals surface area contributed by atoms with E-state index >= 15 is 0 Å². The van der Waals surface area contributed by atoms with Gasteiger partial charge in [-0.05, 0) is 56.6 Å². The van der Waals surface area contributed by atoms with Gasteiger partial charge in [0.05, 0.1) is 12.2 Å². The molecule has 1 saturated heterocycles. The van der Waals surface area contributed by atoms with E-state index in [1.54, 1.807) is 0 Å². The minimum atomic E-state index is -5.08. The maximum absolute atomic E-state index is 13.0. The van der Waals surface area contributed by atoms with Crippen LogP contribution in [-0.2, 0) is 32.8 Å². The zero-order chi connectivity index (χ0) is 27.9. The van der Waals surface area contributed by atoms with Crippen LogP contribution in [-0.4, -0.2) is 65.8 Å². The lowest BCUT2D eigenvalue weighted by molar-refractivity contribution is -0.192. The number of rotatable bonds is 5. The van der Waals surface area contributed by atoms with E-state index in [4.69, 9.17) is 14.6 Å². The molecule has 0 unspecified atom stereocenters. The predicted molar refractivity (Wildman–Crippen MR) is 131 cm³/mol. The fourth-order valence-electron chi connectivity index (χ4n) is 6.05. The fourth-order valence-corrected chi connectivity index (χ4v) is 7.22. The van der Waals surface area contributed by atoms with Crippen molar-refractivity contribution in [2.75, 3.05) is 19.7 Å². The summed E-state index contributed by atoms with van der Waals surface area (Å²) in [6, 6.07) is 3.04. The van der Waals surface area contributed by atoms with Gasteiger partial charge < -0.3 is 20.1 Å². The van der Waals surface area contributed by atoms with Crippen LogP contribution in [0.5, 0.6) is 0 Å². The number of hydrogen-bond acceptors (Lipinski definition) is 5. The molecule has 2 N–H and O–H groups in total. The van der Waals surface area contributed by atoms with Gasteiger partial charge in [0, 0.05) is 60.1 Å². The van der Waals surface area contributed by atoms with Gasteiger partial charge in [-0.3, -0.25) is 4.79 Å². The molecular formula is C26H35F5N2O4S. The maximum Gasteiger partial charge on any atom is 0.490 e. The minimum Gasteiger partial charge on any atom is -0.475 e. The Hall–Kier alpha value is -1.79. The summed E-state index contributed by atoms with van der Waals surface area (Å²) >= 11 is 1.97. The molecule has 0 aromatic carbocycles. The zero-order valence-corrected chi connectivity index (χ0v) is 22.4. The lowest BCUT2D eigenvalue weighted by atomic mass is 9.76. The summed E-state index contributed by atoms with van der Waals surface area (Å²) in [6.45, 7) is 7.48. The number of nitrogens with zero attached hydrogens (tertiary/aromatic N) is 1. The van der Waals surface area contributed by atoms with E-state index in [1.165, 1.54) is 15.3 Å². The third-order valence-corrected chi connectivity index (χ3v) is 9.58. The summed E-state index contributed by atoms with van der Waals surface area (Å²) in [4.78, 5) is 26.6. The molecule has 2 saturated carbocycles. The van der Waals surface area contributed by atoms with Crippen LogP contribution < -0.4 is 5.32 Å². The Balaban J connectivity index is 0.000000426. The number of ether oxygens (including phenoxy) is 1. The van der Waals surface area contributed by atoms with E-state index in [1.807, 2.05) is 11.3 Å². The highest BCUT2D eigenvalue weighted by Gasteiger charge is 2.50. The molecule has 2 aliphatic heterocycles. The van der Waals surface area contributed by atoms with Gasteiger partial charge in [-0.1, -0.05) is 6.92 Å². The summed E-state index contributed by atoms with van der Waals surface area (Å²) in [5.41, 5.74) is 1.36. The summed E-state index contributed by atoms with van der Waals surface area (Å²) in [7, 11) is 0. The number of halogens is 5. The Labute approximate surface area is 222 Å². The molecule has 0 bridgehead atoms. The lowest BCUT2D eigenvalue weighted by Crippen LogP contribution is -2.55. The summed E-state index contributed by atoms with van der Waals surface area (Å²) in [5.74, 6) is -5.46. The van der Waals surface area contributed by atoms with Crippen molar-refractivity contribution in [3.63, 3.8) is 0 Å². The van der Waals surface area contributed by atoms with Crippen LogP contribution in [0, 0.1) is 11.8 Å². The van der Waals surface area contributed by atoms with Gasteiger partial charge in [0.2, 0.25) is 11.8 Å². The fraction of sp³-hybridized carbons (Fsp3) is 0.769. The molecule has 214 valence electrons. The van der Waals surface area contributed by atoms with E-state index in [9.17, 15) is 26.7 Å². The molecule has 38 heavy (non-hydrogen) atoms. The molecule has 6 nitrogen and oxygen atoms in total. The molecule has 3 heterocycles. The highest BCUT2D eigenvalue weighted by atomic mass is 32.1. The van der Waals surface area contributed by atoms with E-state index in [-0.39, 0.29) is 30.4 Å². The number of alkyl halides is 5. The Morgan fingerprint density at radius 2 is 1.89 bits per heavy atom. The first-order chi connectivity index (χ1) is 17.7. The van der Waals surface area contributed by atoms with Crippen LogP contribution in [0.4, 0.5) is 22.0 Å². The molecule has 2 aliphatic carbocycles. The van der Waals surface area contributed by atoms with Crippen molar-refractivity contribution in [3.8, 4) is 0 Å². The molecule has 1 amide bonds. The number of carboxylic acids is 1. The largest absolute Gasteiger partial charge is 0.490 e. The lowest BCUT2D eigenvalue weighted by Gasteiger charge is -2.49. The van der Waals surface area contributed by atoms with Crippen molar-refractivity contribution in [2.45, 2.75) is 95.0 Å². The molecular weight excluding hydrogens is 531 g/mol. The smallest absolute Gasteiger partial charge is 0.475 e. The number of amides is 1. The predicted octanol–water partition coefficient (Wildman–Crippen LogP) is 5.14. The van der Waals surface area contributed by atoms with Crippen molar-refractivity contribution in [1.82, 2.24) is 10.2 Å². The van der Waals surface area contributed by atoms with Crippen LogP contribution in [0.1, 0.15) is 67.7 Å². The standard InChI is InChI=1S/C24H34F2N2O2S.C2HF3O2/c1-3-19-10-20-21(31-19)4-7-30-23(20)5-6-28(15(2)11-23)14-16-8-18(9-16)27-22(29)17-12-24(25,26)13-17;3-2(4,5)1(6)7/h10,15-18H,3-9,11-14H2,1-2H3,(H,27,29);(H,6,7)/t15-,16?,18?,23+;/m0./s1. The number of nitrogens with one attached hydrogen (secondary N) is 1. The topological polar surface area (TPSA) is 78.9 Å². The molecule has 0 radical (unpaired) electrons. The van der Waals surface area contributed by atoms with Crippen LogP contribution >= 0.6 is 11.3 Å². The highest BCUT2D eigenvalue weighted by Crippen LogP contribution is 2.47. The average molecular weight is 567 g/mol. The van der Waals surface area contributed by atoms with Crippen LogP contribution in [0.3, 0.4) is 0 Å². The van der Waals surface area contributed by atoms with Crippen molar-refractivity contribution < 1.29 is 41.4 Å². The first-order valence-corrected chi connectivity index (χ1v) is 14.0. The molecule has 1 aromatic rings. The Bertz CT molecular complexity index is 1020. The van der Waals surface area contributed by atoms with E-state index in [0.717, 1.165) is 58.2 Å². The molecule has 4 aliphatic rings. The Morgan fingerprint density at radius 3 is 2.45 bits per heavy atom. The van der Waals surface area contributed by atoms with Gasteiger partial charge >= 0.3 is 12.1 Å². The number of piperidine rings is 1. The third kappa shape index (κ3) is 6.50. The van der Waals surface area contributed by atoms with Crippen LogP contribution in [0.15, 0.2) is 6.07 Å². The van der Waals surface area contributed by atoms with Crippen LogP contribution in [0.2, 0.25) is 0 Å². The Morgan fingerprint density at radius 1 is 1.24 bits per heavy atom. The van der Waals surface area contributed by atoms with Gasteiger partial charge in [0.1, 0.15) is 0 Å².